The molecule has 0 aliphatic carbocycles. The molecule has 0 amide bonds. The van der Waals surface area contributed by atoms with E-state index >= 15 is 0 Å². The highest BCUT2D eigenvalue weighted by molar-refractivity contribution is 5.90. The minimum absolute atomic E-state index is 0.129. The third kappa shape index (κ3) is 2.15. The van der Waals surface area contributed by atoms with E-state index in [2.05, 4.69) is 0 Å². The topological polar surface area (TPSA) is 93.6 Å². The molecule has 86 valence electrons. The van der Waals surface area contributed by atoms with Crippen LogP contribution in [0.2, 0.25) is 0 Å². The van der Waals surface area contributed by atoms with Crippen molar-refractivity contribution >= 4 is 11.7 Å². The van der Waals surface area contributed by atoms with Gasteiger partial charge in [-0.15, -0.1) is 0 Å². The van der Waals surface area contributed by atoms with Crippen LogP contribution in [0.15, 0.2) is 41.2 Å². The lowest BCUT2D eigenvalue weighted by Crippen LogP contribution is -1.98. The van der Waals surface area contributed by atoms with Gasteiger partial charge in [0.05, 0.1) is 23.0 Å². The van der Waals surface area contributed by atoms with Crippen molar-refractivity contribution in [1.82, 2.24) is 0 Å². The van der Waals surface area contributed by atoms with E-state index < -0.39 is 10.9 Å². The Kier molecular flexibility index (Phi) is 2.61. The van der Waals surface area contributed by atoms with Crippen LogP contribution in [0.1, 0.15) is 10.4 Å². The van der Waals surface area contributed by atoms with Crippen LogP contribution in [0.5, 0.6) is 0 Å². The van der Waals surface area contributed by atoms with Crippen LogP contribution in [0.3, 0.4) is 0 Å². The highest BCUT2D eigenvalue weighted by Gasteiger charge is 2.14. The molecule has 0 radical (unpaired) electrons. The van der Waals surface area contributed by atoms with Crippen LogP contribution < -0.4 is 0 Å². The van der Waals surface area contributed by atoms with Gasteiger partial charge in [0.2, 0.25) is 0 Å². The molecule has 0 saturated heterocycles. The molecule has 1 N–H and O–H groups in total. The number of furan rings is 1. The lowest BCUT2D eigenvalue weighted by Gasteiger charge is -2.00. The summed E-state index contributed by atoms with van der Waals surface area (Å²) in [7, 11) is 0. The molecule has 0 fully saturated rings. The van der Waals surface area contributed by atoms with Gasteiger partial charge < -0.3 is 9.52 Å². The predicted octanol–water partition coefficient (Wildman–Crippen LogP) is 2.55. The van der Waals surface area contributed by atoms with E-state index in [0.717, 1.165) is 6.07 Å². The molecule has 0 aliphatic heterocycles. The van der Waals surface area contributed by atoms with Gasteiger partial charge in [0.1, 0.15) is 0 Å². The van der Waals surface area contributed by atoms with E-state index in [1.165, 1.54) is 24.7 Å². The number of hydrogen-bond acceptors (Lipinski definition) is 4. The molecule has 0 atom stereocenters. The second-order valence-corrected chi connectivity index (χ2v) is 3.34. The van der Waals surface area contributed by atoms with Crippen molar-refractivity contribution in [3.8, 4) is 11.1 Å². The van der Waals surface area contributed by atoms with Gasteiger partial charge in [-0.1, -0.05) is 0 Å². The average Bonchev–Trinajstić information content (AvgIpc) is 2.81. The van der Waals surface area contributed by atoms with Gasteiger partial charge in [0, 0.05) is 17.7 Å². The van der Waals surface area contributed by atoms with Crippen LogP contribution in [0, 0.1) is 10.1 Å². The third-order valence-corrected chi connectivity index (χ3v) is 2.23. The summed E-state index contributed by atoms with van der Waals surface area (Å²) >= 11 is 0. The second-order valence-electron chi connectivity index (χ2n) is 3.34. The molecule has 0 saturated carbocycles. The Morgan fingerprint density at radius 2 is 2.06 bits per heavy atom. The van der Waals surface area contributed by atoms with Crippen molar-refractivity contribution in [2.45, 2.75) is 0 Å². The van der Waals surface area contributed by atoms with Crippen LogP contribution >= 0.6 is 0 Å². The molecule has 0 aliphatic rings. The quantitative estimate of drug-likeness (QED) is 0.649. The average molecular weight is 233 g/mol. The van der Waals surface area contributed by atoms with E-state index in [-0.39, 0.29) is 11.3 Å². The maximum absolute atomic E-state index is 10.9. The molecule has 6 nitrogen and oxygen atoms in total. The van der Waals surface area contributed by atoms with Gasteiger partial charge in [0.15, 0.2) is 0 Å². The number of nitro groups is 1. The number of rotatable bonds is 3. The fourth-order valence-corrected chi connectivity index (χ4v) is 1.44. The van der Waals surface area contributed by atoms with Crippen LogP contribution in [0.25, 0.3) is 11.1 Å². The Bertz CT molecular complexity index is 541. The summed E-state index contributed by atoms with van der Waals surface area (Å²) in [5.74, 6) is -1.21. The van der Waals surface area contributed by atoms with Crippen molar-refractivity contribution < 1.29 is 19.2 Å². The Balaban J connectivity index is 2.60. The number of nitro benzene ring substituents is 1. The van der Waals surface area contributed by atoms with Crippen LogP contribution in [0.4, 0.5) is 5.69 Å². The monoisotopic (exact) mass is 233 g/mol. The number of carbonyl (C=O) groups is 1. The molecule has 0 bridgehead atoms. The Morgan fingerprint density at radius 3 is 2.59 bits per heavy atom. The minimum Gasteiger partial charge on any atom is -0.478 e. The highest BCUT2D eigenvalue weighted by atomic mass is 16.6. The van der Waals surface area contributed by atoms with Crippen LogP contribution in [-0.4, -0.2) is 16.0 Å². The van der Waals surface area contributed by atoms with E-state index in [4.69, 9.17) is 9.52 Å². The molecule has 1 aromatic heterocycles. The zero-order valence-corrected chi connectivity index (χ0v) is 8.49. The summed E-state index contributed by atoms with van der Waals surface area (Å²) in [6.45, 7) is 0. The van der Waals surface area contributed by atoms with E-state index in [1.807, 2.05) is 0 Å². The summed E-state index contributed by atoms with van der Waals surface area (Å²) < 4.78 is 4.85. The Labute approximate surface area is 95.3 Å². The van der Waals surface area contributed by atoms with Crippen molar-refractivity contribution in [3.63, 3.8) is 0 Å². The number of aromatic carboxylic acids is 1. The molecule has 6 heteroatoms. The van der Waals surface area contributed by atoms with Gasteiger partial charge in [0.25, 0.3) is 5.69 Å². The normalized spacial score (nSPS) is 10.1. The molecule has 2 rings (SSSR count). The molecule has 17 heavy (non-hydrogen) atoms. The number of hydrogen-bond donors (Lipinski definition) is 1. The SMILES string of the molecule is O=C(O)c1cc(-c2ccoc2)cc([N+](=O)[O-])c1. The summed E-state index contributed by atoms with van der Waals surface area (Å²) in [4.78, 5) is 20.9. The first kappa shape index (κ1) is 10.9. The zero-order valence-electron chi connectivity index (χ0n) is 8.49. The molecular weight excluding hydrogens is 226 g/mol. The lowest BCUT2D eigenvalue weighted by molar-refractivity contribution is -0.384. The first-order chi connectivity index (χ1) is 8.08. The van der Waals surface area contributed by atoms with Crippen LogP contribution in [-0.2, 0) is 0 Å². The summed E-state index contributed by atoms with van der Waals surface area (Å²) in [6, 6.07) is 5.29. The third-order valence-electron chi connectivity index (χ3n) is 2.23. The number of non-ortho nitro benzene ring substituents is 1. The van der Waals surface area contributed by atoms with Crippen molar-refractivity contribution in [2.24, 2.45) is 0 Å². The van der Waals surface area contributed by atoms with Gasteiger partial charge >= 0.3 is 5.97 Å². The lowest BCUT2D eigenvalue weighted by atomic mass is 10.0. The molecule has 1 aromatic carbocycles. The van der Waals surface area contributed by atoms with Gasteiger partial charge in [-0.05, 0) is 17.7 Å². The van der Waals surface area contributed by atoms with E-state index in [9.17, 15) is 14.9 Å². The van der Waals surface area contributed by atoms with E-state index in [1.54, 1.807) is 6.07 Å². The number of benzene rings is 1. The first-order valence-electron chi connectivity index (χ1n) is 4.63. The van der Waals surface area contributed by atoms with Gasteiger partial charge in [-0.3, -0.25) is 10.1 Å². The number of carboxylic acid groups (broad SMARTS) is 1. The molecule has 1 heterocycles. The predicted molar refractivity (Wildman–Crippen MR) is 57.8 cm³/mol. The summed E-state index contributed by atoms with van der Waals surface area (Å²) in [5.41, 5.74) is 0.637. The molecule has 0 spiro atoms. The summed E-state index contributed by atoms with van der Waals surface area (Å²) in [6.07, 6.45) is 2.80. The minimum atomic E-state index is -1.21. The maximum Gasteiger partial charge on any atom is 0.335 e. The van der Waals surface area contributed by atoms with Gasteiger partial charge in [-0.25, -0.2) is 4.79 Å². The zero-order chi connectivity index (χ0) is 12.4. The maximum atomic E-state index is 10.9. The van der Waals surface area contributed by atoms with Gasteiger partial charge in [-0.2, -0.15) is 0 Å². The fourth-order valence-electron chi connectivity index (χ4n) is 1.44. The molecular formula is C11H7NO5. The second kappa shape index (κ2) is 4.09. The number of nitrogens with zero attached hydrogens (tertiary/aromatic N) is 1. The van der Waals surface area contributed by atoms with Crippen molar-refractivity contribution in [3.05, 3.63) is 52.5 Å². The first-order valence-corrected chi connectivity index (χ1v) is 4.63. The number of carboxylic acids is 1. The highest BCUT2D eigenvalue weighted by Crippen LogP contribution is 2.26. The molecule has 0 unspecified atom stereocenters. The fraction of sp³-hybridized carbons (Fsp3) is 0. The summed E-state index contributed by atoms with van der Waals surface area (Å²) in [5, 5.41) is 19.6. The smallest absolute Gasteiger partial charge is 0.335 e. The van der Waals surface area contributed by atoms with Crippen molar-refractivity contribution in [2.75, 3.05) is 0 Å². The molecule has 2 aromatic rings. The van der Waals surface area contributed by atoms with Crippen molar-refractivity contribution in [1.29, 1.82) is 0 Å². The Morgan fingerprint density at radius 1 is 1.29 bits per heavy atom. The largest absolute Gasteiger partial charge is 0.478 e. The van der Waals surface area contributed by atoms with E-state index in [0.29, 0.717) is 11.1 Å². The standard InChI is InChI=1S/C11H7NO5/c13-11(14)9-3-8(7-1-2-17-6-7)4-10(5-9)12(15)16/h1-6H,(H,13,14). The Hall–Kier alpha value is -2.63.